The molecule has 1 aliphatic heterocycles. The van der Waals surface area contributed by atoms with Crippen LogP contribution in [0.5, 0.6) is 5.75 Å². The van der Waals surface area contributed by atoms with E-state index < -0.39 is 34.2 Å². The minimum absolute atomic E-state index is 0.117. The smallest absolute Gasteiger partial charge is 0.315 e. The normalized spacial score (nSPS) is 21.8. The molecule has 0 aromatic heterocycles. The zero-order valence-corrected chi connectivity index (χ0v) is 15.8. The number of carbonyl (C=O) groups excluding carboxylic acids is 2. The fourth-order valence-corrected chi connectivity index (χ4v) is 3.95. The van der Waals surface area contributed by atoms with Crippen LogP contribution in [0.25, 0.3) is 0 Å². The summed E-state index contributed by atoms with van der Waals surface area (Å²) in [4.78, 5) is 40.6. The average Bonchev–Trinajstić information content (AvgIpc) is 2.67. The molecule has 8 nitrogen and oxygen atoms in total. The van der Waals surface area contributed by atoms with Gasteiger partial charge in [-0.15, -0.1) is 0 Å². The lowest BCUT2D eigenvalue weighted by Crippen LogP contribution is -2.38. The van der Waals surface area contributed by atoms with Crippen molar-refractivity contribution in [3.8, 4) is 5.75 Å². The van der Waals surface area contributed by atoms with Gasteiger partial charge in [-0.25, -0.2) is 0 Å². The van der Waals surface area contributed by atoms with Gasteiger partial charge in [0.1, 0.15) is 5.92 Å². The van der Waals surface area contributed by atoms with Gasteiger partial charge in [-0.3, -0.25) is 24.7 Å². The molecule has 0 saturated carbocycles. The highest BCUT2D eigenvalue weighted by molar-refractivity contribution is 6.09. The molecule has 1 aromatic carbocycles. The van der Waals surface area contributed by atoms with Crippen LogP contribution in [0.4, 0.5) is 5.69 Å². The first-order chi connectivity index (χ1) is 13.4. The number of carbonyl (C=O) groups is 2. The van der Waals surface area contributed by atoms with E-state index in [0.29, 0.717) is 48.2 Å². The molecule has 0 bridgehead atoms. The van der Waals surface area contributed by atoms with Crippen molar-refractivity contribution >= 4 is 23.2 Å². The molecule has 2 aliphatic rings. The van der Waals surface area contributed by atoms with E-state index in [1.54, 1.807) is 6.92 Å². The Morgan fingerprint density at radius 2 is 2.07 bits per heavy atom. The van der Waals surface area contributed by atoms with Gasteiger partial charge in [-0.1, -0.05) is 19.1 Å². The molecule has 1 aromatic rings. The van der Waals surface area contributed by atoms with Crippen LogP contribution in [-0.2, 0) is 14.3 Å². The number of aliphatic imine (C=N–C) groups is 1. The number of hydrogen-bond donors (Lipinski definition) is 0. The number of esters is 1. The highest BCUT2D eigenvalue weighted by atomic mass is 16.6. The van der Waals surface area contributed by atoms with Crippen LogP contribution in [0.15, 0.2) is 34.5 Å². The van der Waals surface area contributed by atoms with E-state index in [1.807, 2.05) is 6.92 Å². The number of nitrogens with zero attached hydrogens (tertiary/aromatic N) is 2. The van der Waals surface area contributed by atoms with Crippen molar-refractivity contribution < 1.29 is 24.4 Å². The lowest BCUT2D eigenvalue weighted by molar-refractivity contribution is -0.398. The minimum Gasteiger partial charge on any atom is -0.868 e. The summed E-state index contributed by atoms with van der Waals surface area (Å²) in [5.41, 5.74) is 1.44. The molecule has 3 rings (SSSR count). The van der Waals surface area contributed by atoms with Crippen LogP contribution in [0.2, 0.25) is 0 Å². The van der Waals surface area contributed by atoms with E-state index in [2.05, 4.69) is 4.99 Å². The molecule has 8 heteroatoms. The van der Waals surface area contributed by atoms with E-state index in [-0.39, 0.29) is 12.4 Å². The molecule has 148 valence electrons. The standard InChI is InChI=1S/C20H22N2O6/c1-3-12-19(20(25)28-4-2)17(18-13(21-12)6-5-7-16(18)24)11-8-9-15(23)14(10-11)22(26)27/h8-10,17,19,23H,3-7H2,1-2H3/p-1/t17-,19?/m1/s1. The fourth-order valence-electron chi connectivity index (χ4n) is 3.95. The van der Waals surface area contributed by atoms with Crippen molar-refractivity contribution in [3.63, 3.8) is 0 Å². The van der Waals surface area contributed by atoms with Crippen LogP contribution in [-0.4, -0.2) is 29.0 Å². The summed E-state index contributed by atoms with van der Waals surface area (Å²) in [6.07, 6.45) is 2.10. The van der Waals surface area contributed by atoms with Crippen molar-refractivity contribution in [2.24, 2.45) is 10.9 Å². The van der Waals surface area contributed by atoms with Gasteiger partial charge in [0.05, 0.1) is 11.5 Å². The third kappa shape index (κ3) is 3.42. The Morgan fingerprint density at radius 1 is 1.32 bits per heavy atom. The second kappa shape index (κ2) is 7.92. The SMILES string of the molecule is CCOC(=O)C1C(CC)=NC2=C(C(=O)CCC2)[C@H]1c1ccc([O-])c([N+](=O)[O-])c1. The lowest BCUT2D eigenvalue weighted by atomic mass is 9.71. The van der Waals surface area contributed by atoms with E-state index in [0.717, 1.165) is 6.07 Å². The third-order valence-corrected chi connectivity index (χ3v) is 5.15. The summed E-state index contributed by atoms with van der Waals surface area (Å²) in [5.74, 6) is -2.94. The molecule has 2 atom stereocenters. The van der Waals surface area contributed by atoms with E-state index in [1.165, 1.54) is 12.1 Å². The van der Waals surface area contributed by atoms with Gasteiger partial charge in [-0.05, 0) is 37.5 Å². The monoisotopic (exact) mass is 385 g/mol. The second-order valence-corrected chi connectivity index (χ2v) is 6.79. The first-order valence-electron chi connectivity index (χ1n) is 9.34. The number of nitro benzene ring substituents is 1. The van der Waals surface area contributed by atoms with Gasteiger partial charge >= 0.3 is 5.97 Å². The third-order valence-electron chi connectivity index (χ3n) is 5.15. The minimum atomic E-state index is -0.845. The lowest BCUT2D eigenvalue weighted by Gasteiger charge is -2.35. The Balaban J connectivity index is 2.22. The predicted octanol–water partition coefficient (Wildman–Crippen LogP) is 2.80. The largest absolute Gasteiger partial charge is 0.868 e. The second-order valence-electron chi connectivity index (χ2n) is 6.79. The number of benzene rings is 1. The maximum Gasteiger partial charge on any atom is 0.315 e. The van der Waals surface area contributed by atoms with Crippen LogP contribution in [0.3, 0.4) is 0 Å². The van der Waals surface area contributed by atoms with E-state index >= 15 is 0 Å². The van der Waals surface area contributed by atoms with Crippen LogP contribution >= 0.6 is 0 Å². The molecule has 0 spiro atoms. The summed E-state index contributed by atoms with van der Waals surface area (Å²) in [5, 5.41) is 23.1. The molecule has 1 heterocycles. The van der Waals surface area contributed by atoms with E-state index in [4.69, 9.17) is 4.74 Å². The number of Topliss-reactive ketones (excluding diaryl/α,β-unsaturated/α-hetero) is 1. The van der Waals surface area contributed by atoms with Gasteiger partial charge in [0, 0.05) is 35.4 Å². The highest BCUT2D eigenvalue weighted by Gasteiger charge is 2.44. The number of hydrogen-bond acceptors (Lipinski definition) is 7. The molecular weight excluding hydrogens is 364 g/mol. The molecule has 0 amide bonds. The Labute approximate surface area is 162 Å². The first kappa shape index (κ1) is 19.7. The number of rotatable bonds is 5. The molecule has 1 unspecified atom stereocenters. The predicted molar refractivity (Wildman–Crippen MR) is 99.0 cm³/mol. The van der Waals surface area contributed by atoms with Gasteiger partial charge in [0.25, 0.3) is 5.69 Å². The Hall–Kier alpha value is -3.03. The first-order valence-corrected chi connectivity index (χ1v) is 9.34. The molecule has 28 heavy (non-hydrogen) atoms. The molecular formula is C20H21N2O6-. The summed E-state index contributed by atoms with van der Waals surface area (Å²) < 4.78 is 5.23. The van der Waals surface area contributed by atoms with Crippen LogP contribution in [0, 0.1) is 16.0 Å². The Morgan fingerprint density at radius 3 is 2.71 bits per heavy atom. The van der Waals surface area contributed by atoms with Gasteiger partial charge in [0.15, 0.2) is 5.78 Å². The van der Waals surface area contributed by atoms with Crippen molar-refractivity contribution in [2.45, 2.75) is 45.4 Å². The summed E-state index contributed by atoms with van der Waals surface area (Å²) in [6, 6.07) is 3.74. The molecule has 1 aliphatic carbocycles. The summed E-state index contributed by atoms with van der Waals surface area (Å²) in [7, 11) is 0. The average molecular weight is 385 g/mol. The van der Waals surface area contributed by atoms with Crippen LogP contribution < -0.4 is 5.11 Å². The summed E-state index contributed by atoms with van der Waals surface area (Å²) in [6.45, 7) is 3.71. The maximum absolute atomic E-state index is 12.8. The van der Waals surface area contributed by atoms with Gasteiger partial charge in [0.2, 0.25) is 0 Å². The maximum atomic E-state index is 12.8. The zero-order chi connectivity index (χ0) is 20.4. The van der Waals surface area contributed by atoms with Gasteiger partial charge in [-0.2, -0.15) is 0 Å². The highest BCUT2D eigenvalue weighted by Crippen LogP contribution is 2.45. The molecule has 0 radical (unpaired) electrons. The van der Waals surface area contributed by atoms with E-state index in [9.17, 15) is 24.8 Å². The van der Waals surface area contributed by atoms with Crippen molar-refractivity contribution in [1.82, 2.24) is 0 Å². The number of nitro groups is 1. The molecule has 0 fully saturated rings. The van der Waals surface area contributed by atoms with Gasteiger partial charge < -0.3 is 9.84 Å². The Bertz CT molecular complexity index is 902. The molecule has 0 N–H and O–H groups in total. The number of ketones is 1. The quantitative estimate of drug-likeness (QED) is 0.436. The Kier molecular flexibility index (Phi) is 5.58. The van der Waals surface area contributed by atoms with Crippen LogP contribution in [0.1, 0.15) is 51.0 Å². The number of allylic oxidation sites excluding steroid dienone is 2. The zero-order valence-electron chi connectivity index (χ0n) is 15.8. The van der Waals surface area contributed by atoms with Crippen molar-refractivity contribution in [1.29, 1.82) is 0 Å². The fraction of sp³-hybridized carbons (Fsp3) is 0.450. The van der Waals surface area contributed by atoms with Crippen molar-refractivity contribution in [3.05, 3.63) is 45.1 Å². The summed E-state index contributed by atoms with van der Waals surface area (Å²) >= 11 is 0. The van der Waals surface area contributed by atoms with Crippen molar-refractivity contribution in [2.75, 3.05) is 6.61 Å². The number of ether oxygens (including phenoxy) is 1. The molecule has 0 saturated heterocycles. The topological polar surface area (TPSA) is 122 Å².